The summed E-state index contributed by atoms with van der Waals surface area (Å²) in [5.74, 6) is 0. The summed E-state index contributed by atoms with van der Waals surface area (Å²) in [5, 5.41) is 11.8. The van der Waals surface area contributed by atoms with Gasteiger partial charge in [0, 0.05) is 25.0 Å². The van der Waals surface area contributed by atoms with Crippen molar-refractivity contribution in [3.63, 3.8) is 0 Å². The minimum Gasteiger partial charge on any atom is -0.312 e. The molecule has 2 rings (SSSR count). The zero-order valence-electron chi connectivity index (χ0n) is 11.8. The third-order valence-corrected chi connectivity index (χ3v) is 4.23. The third-order valence-electron chi connectivity index (χ3n) is 3.35. The first kappa shape index (κ1) is 14.1. The van der Waals surface area contributed by atoms with E-state index < -0.39 is 0 Å². The molecule has 1 unspecified atom stereocenters. The van der Waals surface area contributed by atoms with Crippen LogP contribution in [0.25, 0.3) is 0 Å². The summed E-state index contributed by atoms with van der Waals surface area (Å²) in [6, 6.07) is 2.40. The van der Waals surface area contributed by atoms with Crippen LogP contribution in [0.2, 0.25) is 0 Å². The molecule has 1 N–H and O–H groups in total. The van der Waals surface area contributed by atoms with Crippen LogP contribution >= 0.6 is 11.5 Å². The molecule has 2 heterocycles. The van der Waals surface area contributed by atoms with Crippen LogP contribution < -0.4 is 5.32 Å². The van der Waals surface area contributed by atoms with Crippen molar-refractivity contribution in [2.45, 2.75) is 38.6 Å². The second-order valence-corrected chi connectivity index (χ2v) is 5.45. The fraction of sp³-hybridized carbons (Fsp3) is 0.615. The minimum atomic E-state index is 0.330. The van der Waals surface area contributed by atoms with Gasteiger partial charge in [0.25, 0.3) is 0 Å². The van der Waals surface area contributed by atoms with Gasteiger partial charge < -0.3 is 5.32 Å². The molecule has 0 aliphatic heterocycles. The zero-order chi connectivity index (χ0) is 13.7. The Morgan fingerprint density at radius 1 is 1.42 bits per heavy atom. The van der Waals surface area contributed by atoms with Crippen molar-refractivity contribution in [2.24, 2.45) is 7.05 Å². The van der Waals surface area contributed by atoms with Gasteiger partial charge in [0.15, 0.2) is 0 Å². The molecule has 0 spiro atoms. The van der Waals surface area contributed by atoms with Gasteiger partial charge in [0.05, 0.1) is 10.6 Å². The van der Waals surface area contributed by atoms with E-state index in [1.165, 1.54) is 22.1 Å². The number of rotatable bonds is 7. The van der Waals surface area contributed by atoms with E-state index in [9.17, 15) is 0 Å². The van der Waals surface area contributed by atoms with Crippen molar-refractivity contribution >= 4 is 11.5 Å². The topological polar surface area (TPSA) is 55.6 Å². The lowest BCUT2D eigenvalue weighted by atomic mass is 10.1. The third kappa shape index (κ3) is 3.39. The molecule has 0 aliphatic carbocycles. The van der Waals surface area contributed by atoms with Crippen molar-refractivity contribution in [3.05, 3.63) is 28.5 Å². The summed E-state index contributed by atoms with van der Waals surface area (Å²) in [7, 11) is 3.99. The summed E-state index contributed by atoms with van der Waals surface area (Å²) in [6.07, 6.45) is 6.01. The average molecular weight is 279 g/mol. The molecule has 0 radical (unpaired) electrons. The fourth-order valence-corrected chi connectivity index (χ4v) is 3.07. The van der Waals surface area contributed by atoms with Crippen LogP contribution in [0, 0.1) is 0 Å². The molecule has 2 aromatic rings. The van der Waals surface area contributed by atoms with E-state index in [1.54, 1.807) is 0 Å². The van der Waals surface area contributed by atoms with Crippen LogP contribution in [0.3, 0.4) is 0 Å². The van der Waals surface area contributed by atoms with E-state index in [0.29, 0.717) is 6.04 Å². The van der Waals surface area contributed by atoms with E-state index in [0.717, 1.165) is 31.4 Å². The van der Waals surface area contributed by atoms with E-state index in [-0.39, 0.29) is 0 Å². The predicted octanol–water partition coefficient (Wildman–Crippen LogP) is 2.12. The van der Waals surface area contributed by atoms with Crippen LogP contribution in [-0.4, -0.2) is 26.4 Å². The number of nitrogens with zero attached hydrogens (tertiary/aromatic N) is 4. The van der Waals surface area contributed by atoms with Gasteiger partial charge in [-0.25, -0.2) is 0 Å². The standard InChI is InChI=1S/C13H21N5S/c1-4-5-12-13(19-17-16-12)11(14-2)7-6-10-8-9-15-18(10)3/h8-9,11,14H,4-7H2,1-3H3. The highest BCUT2D eigenvalue weighted by molar-refractivity contribution is 7.05. The first-order valence-corrected chi connectivity index (χ1v) is 7.48. The molecule has 19 heavy (non-hydrogen) atoms. The first-order chi connectivity index (χ1) is 9.26. The first-order valence-electron chi connectivity index (χ1n) is 6.71. The normalized spacial score (nSPS) is 12.8. The van der Waals surface area contributed by atoms with Crippen molar-refractivity contribution in [3.8, 4) is 0 Å². The van der Waals surface area contributed by atoms with E-state index in [2.05, 4.69) is 33.0 Å². The fourth-order valence-electron chi connectivity index (χ4n) is 2.24. The van der Waals surface area contributed by atoms with Gasteiger partial charge in [0.2, 0.25) is 0 Å². The summed E-state index contributed by atoms with van der Waals surface area (Å²) in [5.41, 5.74) is 2.41. The van der Waals surface area contributed by atoms with Crippen LogP contribution in [0.5, 0.6) is 0 Å². The average Bonchev–Trinajstić information content (AvgIpc) is 3.01. The Kier molecular flexibility index (Phi) is 5.04. The van der Waals surface area contributed by atoms with Crippen molar-refractivity contribution in [1.29, 1.82) is 0 Å². The van der Waals surface area contributed by atoms with E-state index in [1.807, 2.05) is 25.0 Å². The molecule has 0 bridgehead atoms. The maximum Gasteiger partial charge on any atom is 0.0803 e. The van der Waals surface area contributed by atoms with Crippen LogP contribution in [0.1, 0.15) is 42.1 Å². The van der Waals surface area contributed by atoms with Gasteiger partial charge in [-0.2, -0.15) is 5.10 Å². The molecule has 104 valence electrons. The highest BCUT2D eigenvalue weighted by Crippen LogP contribution is 2.25. The summed E-state index contributed by atoms with van der Waals surface area (Å²) >= 11 is 1.52. The van der Waals surface area contributed by atoms with Crippen molar-refractivity contribution in [1.82, 2.24) is 24.7 Å². The van der Waals surface area contributed by atoms with Crippen LogP contribution in [-0.2, 0) is 19.9 Å². The molecule has 0 aromatic carbocycles. The molecule has 0 fully saturated rings. The van der Waals surface area contributed by atoms with Gasteiger partial charge in [-0.15, -0.1) is 5.10 Å². The SMILES string of the molecule is CCCc1nnsc1C(CCc1ccnn1C)NC. The number of nitrogens with one attached hydrogen (secondary N) is 1. The van der Waals surface area contributed by atoms with Gasteiger partial charge in [0.1, 0.15) is 0 Å². The second-order valence-electron chi connectivity index (χ2n) is 4.66. The number of aryl methyl sites for hydroxylation is 3. The Hall–Kier alpha value is -1.27. The van der Waals surface area contributed by atoms with E-state index >= 15 is 0 Å². The molecular formula is C13H21N5S. The van der Waals surface area contributed by atoms with Gasteiger partial charge in [-0.05, 0) is 43.9 Å². The summed E-state index contributed by atoms with van der Waals surface area (Å²) in [4.78, 5) is 1.28. The second kappa shape index (κ2) is 6.77. The number of aromatic nitrogens is 4. The molecule has 2 aromatic heterocycles. The Morgan fingerprint density at radius 2 is 2.26 bits per heavy atom. The minimum absolute atomic E-state index is 0.330. The number of hydrogen-bond acceptors (Lipinski definition) is 5. The van der Waals surface area contributed by atoms with Gasteiger partial charge in [-0.1, -0.05) is 17.8 Å². The lowest BCUT2D eigenvalue weighted by molar-refractivity contribution is 0.537. The lowest BCUT2D eigenvalue weighted by Crippen LogP contribution is -2.18. The summed E-state index contributed by atoms with van der Waals surface area (Å²) in [6.45, 7) is 2.17. The molecule has 0 aliphatic rings. The van der Waals surface area contributed by atoms with Crippen LogP contribution in [0.4, 0.5) is 0 Å². The molecule has 0 saturated carbocycles. The Bertz CT molecular complexity index is 505. The monoisotopic (exact) mass is 279 g/mol. The van der Waals surface area contributed by atoms with Crippen LogP contribution in [0.15, 0.2) is 12.3 Å². The molecule has 0 amide bonds. The maximum absolute atomic E-state index is 4.25. The largest absolute Gasteiger partial charge is 0.312 e. The summed E-state index contributed by atoms with van der Waals surface area (Å²) < 4.78 is 6.04. The highest BCUT2D eigenvalue weighted by Gasteiger charge is 2.17. The van der Waals surface area contributed by atoms with Gasteiger partial charge in [-0.3, -0.25) is 4.68 Å². The predicted molar refractivity (Wildman–Crippen MR) is 77.2 cm³/mol. The molecule has 6 heteroatoms. The Balaban J connectivity index is 2.03. The molecule has 0 saturated heterocycles. The number of hydrogen-bond donors (Lipinski definition) is 1. The van der Waals surface area contributed by atoms with E-state index in [4.69, 9.17) is 0 Å². The van der Waals surface area contributed by atoms with Gasteiger partial charge >= 0.3 is 0 Å². The van der Waals surface area contributed by atoms with Crippen molar-refractivity contribution < 1.29 is 0 Å². The molecule has 5 nitrogen and oxygen atoms in total. The smallest absolute Gasteiger partial charge is 0.0803 e. The highest BCUT2D eigenvalue weighted by atomic mass is 32.1. The van der Waals surface area contributed by atoms with Crippen molar-refractivity contribution in [2.75, 3.05) is 7.05 Å². The maximum atomic E-state index is 4.25. The molecule has 1 atom stereocenters. The lowest BCUT2D eigenvalue weighted by Gasteiger charge is -2.15. The zero-order valence-corrected chi connectivity index (χ0v) is 12.6. The molecular weight excluding hydrogens is 258 g/mol. The quantitative estimate of drug-likeness (QED) is 0.843. The Morgan fingerprint density at radius 3 is 2.89 bits per heavy atom. The Labute approximate surface area is 118 Å².